The Bertz CT molecular complexity index is 214. The molecular weight excluding hydrogens is 144 g/mol. The number of nitrogens with two attached hydrogens (primary N) is 1. The van der Waals surface area contributed by atoms with E-state index in [0.717, 1.165) is 0 Å². The minimum Gasteiger partial charge on any atom is -0.364 e. The van der Waals surface area contributed by atoms with E-state index in [0.29, 0.717) is 5.57 Å². The highest BCUT2D eigenvalue weighted by atomic mass is 16.2. The van der Waals surface area contributed by atoms with Gasteiger partial charge in [-0.25, -0.2) is 0 Å². The molecule has 0 aliphatic carbocycles. The predicted molar refractivity (Wildman–Crippen MR) is 41.4 cm³/mol. The molecule has 62 valence electrons. The number of primary amides is 1. The molecule has 0 bridgehead atoms. The van der Waals surface area contributed by atoms with Crippen LogP contribution in [-0.4, -0.2) is 11.8 Å². The summed E-state index contributed by atoms with van der Waals surface area (Å²) in [6.45, 7) is 4.73. The number of allylic oxidation sites excluding steroid dienone is 1. The van der Waals surface area contributed by atoms with Gasteiger partial charge in [0.2, 0.25) is 5.91 Å². The van der Waals surface area contributed by atoms with Crippen molar-refractivity contribution in [1.82, 2.24) is 5.32 Å². The van der Waals surface area contributed by atoms with Crippen LogP contribution in [0.3, 0.4) is 0 Å². The summed E-state index contributed by atoms with van der Waals surface area (Å²) in [6.07, 6.45) is 0. The van der Waals surface area contributed by atoms with Gasteiger partial charge in [0.1, 0.15) is 5.70 Å². The third kappa shape index (κ3) is 3.40. The molecule has 0 saturated heterocycles. The SMILES string of the molecule is CC(=O)NC(C(N)=O)=C(C)C. The first-order chi connectivity index (χ1) is 4.95. The molecule has 0 fully saturated rings. The van der Waals surface area contributed by atoms with Crippen LogP contribution >= 0.6 is 0 Å². The number of amides is 2. The molecule has 0 spiro atoms. The van der Waals surface area contributed by atoms with Crippen LogP contribution in [0.2, 0.25) is 0 Å². The molecular formula is C7H12N2O2. The summed E-state index contributed by atoms with van der Waals surface area (Å²) in [6, 6.07) is 0. The van der Waals surface area contributed by atoms with Gasteiger partial charge in [-0.05, 0) is 19.4 Å². The van der Waals surface area contributed by atoms with E-state index in [4.69, 9.17) is 5.73 Å². The Morgan fingerprint density at radius 2 is 1.64 bits per heavy atom. The number of nitrogens with one attached hydrogen (secondary N) is 1. The van der Waals surface area contributed by atoms with Crippen molar-refractivity contribution in [1.29, 1.82) is 0 Å². The molecule has 0 atom stereocenters. The lowest BCUT2D eigenvalue weighted by atomic mass is 10.2. The number of rotatable bonds is 2. The monoisotopic (exact) mass is 156 g/mol. The maximum Gasteiger partial charge on any atom is 0.265 e. The first-order valence-electron chi connectivity index (χ1n) is 3.20. The molecule has 0 rings (SSSR count). The summed E-state index contributed by atoms with van der Waals surface area (Å²) in [4.78, 5) is 21.1. The average molecular weight is 156 g/mol. The number of carbonyl (C=O) groups excluding carboxylic acids is 2. The van der Waals surface area contributed by atoms with Gasteiger partial charge in [-0.2, -0.15) is 0 Å². The van der Waals surface area contributed by atoms with Crippen molar-refractivity contribution in [2.24, 2.45) is 5.73 Å². The largest absolute Gasteiger partial charge is 0.364 e. The van der Waals surface area contributed by atoms with E-state index >= 15 is 0 Å². The molecule has 0 aromatic rings. The predicted octanol–water partition coefficient (Wildman–Crippen LogP) is -0.0983. The van der Waals surface area contributed by atoms with Gasteiger partial charge in [0.15, 0.2) is 0 Å². The summed E-state index contributed by atoms with van der Waals surface area (Å²) < 4.78 is 0. The maximum atomic E-state index is 10.6. The van der Waals surface area contributed by atoms with Gasteiger partial charge in [-0.3, -0.25) is 9.59 Å². The highest BCUT2D eigenvalue weighted by Crippen LogP contribution is 1.97. The van der Waals surface area contributed by atoms with Crippen molar-refractivity contribution >= 4 is 11.8 Å². The van der Waals surface area contributed by atoms with Gasteiger partial charge in [-0.1, -0.05) is 0 Å². The molecule has 11 heavy (non-hydrogen) atoms. The summed E-state index contributed by atoms with van der Waals surface area (Å²) in [5.41, 5.74) is 5.85. The standard InChI is InChI=1S/C7H12N2O2/c1-4(2)6(7(8)11)9-5(3)10/h1-3H3,(H2,8,11)(H,9,10). The van der Waals surface area contributed by atoms with Gasteiger partial charge in [0.25, 0.3) is 5.91 Å². The maximum absolute atomic E-state index is 10.6. The second kappa shape index (κ2) is 3.75. The van der Waals surface area contributed by atoms with Crippen LogP contribution < -0.4 is 11.1 Å². The molecule has 2 amide bonds. The molecule has 0 radical (unpaired) electrons. The molecule has 0 heterocycles. The Kier molecular flexibility index (Phi) is 3.30. The van der Waals surface area contributed by atoms with E-state index in [1.165, 1.54) is 6.92 Å². The minimum absolute atomic E-state index is 0.178. The van der Waals surface area contributed by atoms with E-state index < -0.39 is 5.91 Å². The first-order valence-corrected chi connectivity index (χ1v) is 3.20. The molecule has 0 aliphatic heterocycles. The lowest BCUT2D eigenvalue weighted by Gasteiger charge is -2.04. The van der Waals surface area contributed by atoms with Crippen LogP contribution in [0.5, 0.6) is 0 Å². The van der Waals surface area contributed by atoms with Crippen LogP contribution in [0.4, 0.5) is 0 Å². The highest BCUT2D eigenvalue weighted by Gasteiger charge is 2.07. The van der Waals surface area contributed by atoms with Crippen LogP contribution in [0.15, 0.2) is 11.3 Å². The topological polar surface area (TPSA) is 72.2 Å². The highest BCUT2D eigenvalue weighted by molar-refractivity contribution is 5.96. The number of hydrogen-bond donors (Lipinski definition) is 2. The molecule has 0 saturated carbocycles. The fraction of sp³-hybridized carbons (Fsp3) is 0.429. The van der Waals surface area contributed by atoms with Gasteiger partial charge < -0.3 is 11.1 Å². The molecule has 0 aromatic heterocycles. The normalized spacial score (nSPS) is 8.64. The van der Waals surface area contributed by atoms with Gasteiger partial charge in [-0.15, -0.1) is 0 Å². The average Bonchev–Trinajstić information content (AvgIpc) is 1.81. The third-order valence-electron chi connectivity index (χ3n) is 1.05. The molecule has 4 nitrogen and oxygen atoms in total. The minimum atomic E-state index is -0.611. The van der Waals surface area contributed by atoms with E-state index in [-0.39, 0.29) is 11.6 Å². The van der Waals surface area contributed by atoms with E-state index in [2.05, 4.69) is 5.32 Å². The molecule has 4 heteroatoms. The molecule has 0 unspecified atom stereocenters. The van der Waals surface area contributed by atoms with Crippen molar-refractivity contribution in [3.63, 3.8) is 0 Å². The lowest BCUT2D eigenvalue weighted by Crippen LogP contribution is -2.30. The number of carbonyl (C=O) groups is 2. The zero-order valence-corrected chi connectivity index (χ0v) is 6.89. The quantitative estimate of drug-likeness (QED) is 0.548. The Balaban J connectivity index is 4.52. The van der Waals surface area contributed by atoms with Crippen LogP contribution in [-0.2, 0) is 9.59 Å². The zero-order chi connectivity index (χ0) is 9.02. The molecule has 3 N–H and O–H groups in total. The fourth-order valence-electron chi connectivity index (χ4n) is 0.609. The first kappa shape index (κ1) is 9.68. The van der Waals surface area contributed by atoms with Crippen molar-refractivity contribution in [3.05, 3.63) is 11.3 Å². The van der Waals surface area contributed by atoms with Gasteiger partial charge in [0, 0.05) is 6.92 Å². The Morgan fingerprint density at radius 3 is 1.73 bits per heavy atom. The van der Waals surface area contributed by atoms with E-state index in [1.54, 1.807) is 13.8 Å². The van der Waals surface area contributed by atoms with Crippen molar-refractivity contribution in [3.8, 4) is 0 Å². The Morgan fingerprint density at radius 1 is 1.18 bits per heavy atom. The second-order valence-corrected chi connectivity index (χ2v) is 2.42. The lowest BCUT2D eigenvalue weighted by molar-refractivity contribution is -0.121. The van der Waals surface area contributed by atoms with Crippen LogP contribution in [0.25, 0.3) is 0 Å². The van der Waals surface area contributed by atoms with E-state index in [1.807, 2.05) is 0 Å². The summed E-state index contributed by atoms with van der Waals surface area (Å²) >= 11 is 0. The fourth-order valence-corrected chi connectivity index (χ4v) is 0.609. The Hall–Kier alpha value is -1.32. The second-order valence-electron chi connectivity index (χ2n) is 2.42. The van der Waals surface area contributed by atoms with Crippen LogP contribution in [0.1, 0.15) is 20.8 Å². The number of hydrogen-bond acceptors (Lipinski definition) is 2. The van der Waals surface area contributed by atoms with Crippen molar-refractivity contribution in [2.45, 2.75) is 20.8 Å². The zero-order valence-electron chi connectivity index (χ0n) is 6.89. The van der Waals surface area contributed by atoms with Crippen molar-refractivity contribution < 1.29 is 9.59 Å². The van der Waals surface area contributed by atoms with E-state index in [9.17, 15) is 9.59 Å². The van der Waals surface area contributed by atoms with Gasteiger partial charge in [0.05, 0.1) is 0 Å². The molecule has 0 aromatic carbocycles. The van der Waals surface area contributed by atoms with Gasteiger partial charge >= 0.3 is 0 Å². The smallest absolute Gasteiger partial charge is 0.265 e. The Labute approximate surface area is 65.5 Å². The summed E-state index contributed by atoms with van der Waals surface area (Å²) in [7, 11) is 0. The summed E-state index contributed by atoms with van der Waals surface area (Å²) in [5.74, 6) is -0.903. The summed E-state index contributed by atoms with van der Waals surface area (Å²) in [5, 5.41) is 2.34. The van der Waals surface area contributed by atoms with Crippen LogP contribution in [0, 0.1) is 0 Å². The third-order valence-corrected chi connectivity index (χ3v) is 1.05. The van der Waals surface area contributed by atoms with Crippen molar-refractivity contribution in [2.75, 3.05) is 0 Å². The molecule has 0 aliphatic rings.